The van der Waals surface area contributed by atoms with Crippen LogP contribution in [0.5, 0.6) is 5.75 Å². The van der Waals surface area contributed by atoms with Crippen molar-refractivity contribution in [3.05, 3.63) is 40.9 Å². The van der Waals surface area contributed by atoms with Gasteiger partial charge in [-0.15, -0.1) is 11.3 Å². The molecule has 1 heterocycles. The zero-order valence-corrected chi connectivity index (χ0v) is 10.5. The minimum atomic E-state index is 0.117. The zero-order chi connectivity index (χ0) is 13.0. The van der Waals surface area contributed by atoms with E-state index in [9.17, 15) is 4.79 Å². The summed E-state index contributed by atoms with van der Waals surface area (Å²) in [6.07, 6.45) is 0.590. The minimum Gasteiger partial charge on any atom is -0.375 e. The summed E-state index contributed by atoms with van der Waals surface area (Å²) < 4.78 is 0. The second-order valence-corrected chi connectivity index (χ2v) is 4.41. The van der Waals surface area contributed by atoms with Gasteiger partial charge in [0.15, 0.2) is 22.9 Å². The van der Waals surface area contributed by atoms with E-state index in [-0.39, 0.29) is 5.71 Å². The Morgan fingerprint density at radius 2 is 2.28 bits per heavy atom. The third-order valence-electron chi connectivity index (χ3n) is 2.23. The molecule has 0 aliphatic rings. The molecule has 0 atom stereocenters. The average Bonchev–Trinajstić information content (AvgIpc) is 2.79. The van der Waals surface area contributed by atoms with Crippen molar-refractivity contribution < 1.29 is 9.63 Å². The Kier molecular flexibility index (Phi) is 3.69. The molecule has 1 aromatic carbocycles. The third-order valence-corrected chi connectivity index (χ3v) is 2.91. The highest BCUT2D eigenvalue weighted by molar-refractivity contribution is 7.13. The molecule has 0 saturated carbocycles. The van der Waals surface area contributed by atoms with Gasteiger partial charge < -0.3 is 10.6 Å². The zero-order valence-electron chi connectivity index (χ0n) is 9.66. The van der Waals surface area contributed by atoms with Crippen LogP contribution >= 0.6 is 11.3 Å². The van der Waals surface area contributed by atoms with E-state index in [1.54, 1.807) is 11.4 Å². The largest absolute Gasteiger partial charge is 0.375 e. The van der Waals surface area contributed by atoms with Crippen molar-refractivity contribution in [2.45, 2.75) is 6.92 Å². The van der Waals surface area contributed by atoms with Crippen molar-refractivity contribution in [1.82, 2.24) is 4.98 Å². The highest BCUT2D eigenvalue weighted by Crippen LogP contribution is 2.17. The summed E-state index contributed by atoms with van der Waals surface area (Å²) in [7, 11) is 0. The summed E-state index contributed by atoms with van der Waals surface area (Å²) in [5, 5.41) is 5.84. The molecule has 2 N–H and O–H groups in total. The van der Waals surface area contributed by atoms with Gasteiger partial charge in [0, 0.05) is 5.38 Å². The normalized spacial score (nSPS) is 11.3. The standard InChI is InChI=1S/C12H11N3O2S/c1-8-4-2-3-5-11(8)17-15-9(6-16)10-7-18-12(13)14-10/h2-7H,1H3,(H2,13,14)/b15-9-. The molecular formula is C12H11N3O2S. The predicted molar refractivity (Wildman–Crippen MR) is 70.9 cm³/mol. The Labute approximate surface area is 108 Å². The quantitative estimate of drug-likeness (QED) is 0.519. The smallest absolute Gasteiger partial charge is 0.180 e. The predicted octanol–water partition coefficient (Wildman–Crippen LogP) is 2.02. The minimum absolute atomic E-state index is 0.117. The van der Waals surface area contributed by atoms with Gasteiger partial charge in [-0.1, -0.05) is 23.4 Å². The number of hydrogen-bond donors (Lipinski definition) is 1. The second-order valence-electron chi connectivity index (χ2n) is 3.52. The SMILES string of the molecule is Cc1ccccc1O/N=C(/C=O)c1csc(N)n1. The van der Waals surface area contributed by atoms with Gasteiger partial charge in [-0.3, -0.25) is 4.79 Å². The first-order valence-electron chi connectivity index (χ1n) is 5.18. The van der Waals surface area contributed by atoms with Gasteiger partial charge in [-0.2, -0.15) is 0 Å². The lowest BCUT2D eigenvalue weighted by atomic mass is 10.2. The van der Waals surface area contributed by atoms with E-state index in [4.69, 9.17) is 10.6 Å². The molecule has 0 aliphatic carbocycles. The van der Waals surface area contributed by atoms with Gasteiger partial charge in [-0.05, 0) is 18.6 Å². The fourth-order valence-corrected chi connectivity index (χ4v) is 1.85. The van der Waals surface area contributed by atoms with Crippen LogP contribution in [0.15, 0.2) is 34.8 Å². The fourth-order valence-electron chi connectivity index (χ4n) is 1.29. The fraction of sp³-hybridized carbons (Fsp3) is 0.0833. The second kappa shape index (κ2) is 5.42. The van der Waals surface area contributed by atoms with Crippen molar-refractivity contribution in [1.29, 1.82) is 0 Å². The van der Waals surface area contributed by atoms with E-state index in [2.05, 4.69) is 10.1 Å². The molecule has 0 fully saturated rings. The van der Waals surface area contributed by atoms with E-state index < -0.39 is 0 Å². The molecule has 2 rings (SSSR count). The number of anilines is 1. The highest BCUT2D eigenvalue weighted by Gasteiger charge is 2.08. The first kappa shape index (κ1) is 12.3. The van der Waals surface area contributed by atoms with Gasteiger partial charge in [-0.25, -0.2) is 4.98 Å². The van der Waals surface area contributed by atoms with Crippen molar-refractivity contribution in [3.63, 3.8) is 0 Å². The molecule has 6 heteroatoms. The summed E-state index contributed by atoms with van der Waals surface area (Å²) in [5.74, 6) is 0.597. The summed E-state index contributed by atoms with van der Waals surface area (Å²) in [5.41, 5.74) is 6.97. The molecule has 0 bridgehead atoms. The monoisotopic (exact) mass is 261 g/mol. The van der Waals surface area contributed by atoms with E-state index >= 15 is 0 Å². The Balaban J connectivity index is 2.21. The van der Waals surface area contributed by atoms with Crippen LogP contribution in [0.25, 0.3) is 0 Å². The first-order chi connectivity index (χ1) is 8.70. The molecule has 0 amide bonds. The van der Waals surface area contributed by atoms with Crippen molar-refractivity contribution >= 4 is 28.5 Å². The van der Waals surface area contributed by atoms with Crippen LogP contribution in [0, 0.1) is 6.92 Å². The van der Waals surface area contributed by atoms with Crippen molar-refractivity contribution in [3.8, 4) is 5.75 Å². The number of rotatable bonds is 4. The molecule has 0 radical (unpaired) electrons. The van der Waals surface area contributed by atoms with E-state index in [0.717, 1.165) is 5.56 Å². The average molecular weight is 261 g/mol. The molecule has 0 saturated heterocycles. The maximum absolute atomic E-state index is 10.9. The number of nitrogens with zero attached hydrogens (tertiary/aromatic N) is 2. The molecule has 18 heavy (non-hydrogen) atoms. The number of aryl methyl sites for hydroxylation is 1. The number of thiazole rings is 1. The lowest BCUT2D eigenvalue weighted by Gasteiger charge is -2.02. The molecular weight excluding hydrogens is 250 g/mol. The Bertz CT molecular complexity index is 593. The number of hydrogen-bond acceptors (Lipinski definition) is 6. The lowest BCUT2D eigenvalue weighted by Crippen LogP contribution is -2.05. The number of para-hydroxylation sites is 1. The first-order valence-corrected chi connectivity index (χ1v) is 6.06. The van der Waals surface area contributed by atoms with Gasteiger partial charge in [0.2, 0.25) is 0 Å². The molecule has 0 aliphatic heterocycles. The molecule has 5 nitrogen and oxygen atoms in total. The number of benzene rings is 1. The molecule has 0 spiro atoms. The van der Waals surface area contributed by atoms with Crippen LogP contribution in [0.3, 0.4) is 0 Å². The number of aromatic nitrogens is 1. The topological polar surface area (TPSA) is 77.6 Å². The van der Waals surface area contributed by atoms with Crippen LogP contribution in [0.4, 0.5) is 5.13 Å². The molecule has 0 unspecified atom stereocenters. The van der Waals surface area contributed by atoms with E-state index in [1.807, 2.05) is 25.1 Å². The number of aldehydes is 1. The van der Waals surface area contributed by atoms with E-state index in [1.165, 1.54) is 11.3 Å². The maximum atomic E-state index is 10.9. The Hall–Kier alpha value is -2.21. The van der Waals surface area contributed by atoms with Crippen molar-refractivity contribution in [2.24, 2.45) is 5.16 Å². The molecule has 2 aromatic rings. The van der Waals surface area contributed by atoms with Gasteiger partial charge >= 0.3 is 0 Å². The van der Waals surface area contributed by atoms with Gasteiger partial charge in [0.05, 0.1) is 0 Å². The number of nitrogen functional groups attached to an aromatic ring is 1. The summed E-state index contributed by atoms with van der Waals surface area (Å²) in [4.78, 5) is 20.1. The van der Waals surface area contributed by atoms with E-state index in [0.29, 0.717) is 22.9 Å². The van der Waals surface area contributed by atoms with Gasteiger partial charge in [0.1, 0.15) is 5.69 Å². The molecule has 92 valence electrons. The number of nitrogens with two attached hydrogens (primary N) is 1. The highest BCUT2D eigenvalue weighted by atomic mass is 32.1. The summed E-state index contributed by atoms with van der Waals surface area (Å²) >= 11 is 1.24. The van der Waals surface area contributed by atoms with Crippen LogP contribution in [-0.4, -0.2) is 17.0 Å². The maximum Gasteiger partial charge on any atom is 0.180 e. The van der Waals surface area contributed by atoms with Gasteiger partial charge in [0.25, 0.3) is 0 Å². The molecule has 1 aromatic heterocycles. The third kappa shape index (κ3) is 2.72. The van der Waals surface area contributed by atoms with Crippen molar-refractivity contribution in [2.75, 3.05) is 5.73 Å². The van der Waals surface area contributed by atoms with Crippen LogP contribution in [0.1, 0.15) is 11.3 Å². The number of carbonyl (C=O) groups excluding carboxylic acids is 1. The summed E-state index contributed by atoms with van der Waals surface area (Å²) in [6, 6.07) is 7.40. The Morgan fingerprint density at radius 3 is 2.89 bits per heavy atom. The summed E-state index contributed by atoms with van der Waals surface area (Å²) in [6.45, 7) is 1.90. The van der Waals surface area contributed by atoms with Crippen LogP contribution < -0.4 is 10.6 Å². The Morgan fingerprint density at radius 1 is 1.50 bits per heavy atom. The van der Waals surface area contributed by atoms with Crippen LogP contribution in [0.2, 0.25) is 0 Å². The lowest BCUT2D eigenvalue weighted by molar-refractivity contribution is -0.102. The number of carbonyl (C=O) groups is 1. The van der Waals surface area contributed by atoms with Crippen LogP contribution in [-0.2, 0) is 4.79 Å². The number of oxime groups is 1.